The molecule has 0 unspecified atom stereocenters. The smallest absolute Gasteiger partial charge is 0.284 e. The molecular weight excluding hydrogens is 212 g/mol. The Morgan fingerprint density at radius 1 is 1.20 bits per heavy atom. The fraction of sp³-hybridized carbons (Fsp3) is 0.333. The van der Waals surface area contributed by atoms with Crippen LogP contribution in [0, 0.1) is 0 Å². The number of carbonyl (C=O) groups excluding carboxylic acids is 2. The van der Waals surface area contributed by atoms with Gasteiger partial charge in [-0.25, -0.2) is 0 Å². The van der Waals surface area contributed by atoms with Crippen molar-refractivity contribution in [2.75, 3.05) is 0 Å². The Hall–Kier alpha value is -1.15. The molecule has 1 aliphatic rings. The molecule has 1 saturated carbocycles. The Kier molecular flexibility index (Phi) is 2.39. The minimum Gasteiger partial charge on any atom is -0.284 e. The second kappa shape index (κ2) is 3.46. The van der Waals surface area contributed by atoms with Gasteiger partial charge in [0.15, 0.2) is 0 Å². The summed E-state index contributed by atoms with van der Waals surface area (Å²) in [6, 6.07) is 7.14. The van der Waals surface area contributed by atoms with Gasteiger partial charge in [-0.05, 0) is 35.4 Å². The van der Waals surface area contributed by atoms with E-state index in [0.29, 0.717) is 5.56 Å². The number of rotatable bonds is 3. The largest absolute Gasteiger partial charge is 0.293 e. The highest BCUT2D eigenvalue weighted by Gasteiger charge is 2.38. The van der Waals surface area contributed by atoms with Gasteiger partial charge in [-0.1, -0.05) is 31.2 Å². The topological polar surface area (TPSA) is 34.1 Å². The van der Waals surface area contributed by atoms with Crippen molar-refractivity contribution < 1.29 is 9.59 Å². The number of hydrogen-bond acceptors (Lipinski definition) is 2. The third kappa shape index (κ3) is 1.95. The molecule has 1 fully saturated rings. The summed E-state index contributed by atoms with van der Waals surface area (Å²) in [6.45, 7) is 2.19. The van der Waals surface area contributed by atoms with Crippen LogP contribution in [0.3, 0.4) is 0 Å². The van der Waals surface area contributed by atoms with E-state index in [1.165, 1.54) is 18.4 Å². The quantitative estimate of drug-likeness (QED) is 0.448. The highest BCUT2D eigenvalue weighted by Crippen LogP contribution is 2.47. The number of ketones is 1. The average molecular weight is 223 g/mol. The third-order valence-electron chi connectivity index (χ3n) is 3.02. The molecule has 1 aromatic carbocycles. The van der Waals surface area contributed by atoms with Crippen molar-refractivity contribution in [1.29, 1.82) is 0 Å². The van der Waals surface area contributed by atoms with Crippen LogP contribution in [0.2, 0.25) is 0 Å². The van der Waals surface area contributed by atoms with Crippen LogP contribution in [0.5, 0.6) is 0 Å². The summed E-state index contributed by atoms with van der Waals surface area (Å²) in [5.41, 5.74) is 1.87. The fourth-order valence-electron chi connectivity index (χ4n) is 1.61. The summed E-state index contributed by atoms with van der Waals surface area (Å²) in [5, 5.41) is -0.930. The van der Waals surface area contributed by atoms with Gasteiger partial charge in [0.05, 0.1) is 0 Å². The van der Waals surface area contributed by atoms with Crippen LogP contribution >= 0.6 is 11.6 Å². The van der Waals surface area contributed by atoms with Gasteiger partial charge in [0.25, 0.3) is 5.24 Å². The van der Waals surface area contributed by atoms with E-state index < -0.39 is 11.0 Å². The van der Waals surface area contributed by atoms with Crippen LogP contribution in [-0.2, 0) is 10.2 Å². The molecule has 0 amide bonds. The second-order valence-electron chi connectivity index (χ2n) is 4.24. The molecule has 0 aliphatic heterocycles. The Morgan fingerprint density at radius 3 is 2.13 bits per heavy atom. The van der Waals surface area contributed by atoms with Gasteiger partial charge in [-0.15, -0.1) is 0 Å². The predicted molar refractivity (Wildman–Crippen MR) is 58.2 cm³/mol. The minimum atomic E-state index is -0.930. The first-order valence-electron chi connectivity index (χ1n) is 4.88. The van der Waals surface area contributed by atoms with Gasteiger partial charge in [0.2, 0.25) is 5.78 Å². The zero-order valence-electron chi connectivity index (χ0n) is 8.42. The number of halogens is 1. The van der Waals surface area contributed by atoms with Gasteiger partial charge in [-0.2, -0.15) is 0 Å². The zero-order valence-corrected chi connectivity index (χ0v) is 9.17. The normalized spacial score (nSPS) is 17.2. The summed E-state index contributed by atoms with van der Waals surface area (Å²) >= 11 is 5.12. The van der Waals surface area contributed by atoms with E-state index in [-0.39, 0.29) is 5.41 Å². The van der Waals surface area contributed by atoms with E-state index in [0.717, 1.165) is 0 Å². The van der Waals surface area contributed by atoms with Gasteiger partial charge < -0.3 is 0 Å². The highest BCUT2D eigenvalue weighted by atomic mass is 35.5. The maximum atomic E-state index is 11.2. The van der Waals surface area contributed by atoms with Crippen LogP contribution in [0.1, 0.15) is 35.7 Å². The first-order valence-corrected chi connectivity index (χ1v) is 5.25. The molecule has 0 bridgehead atoms. The van der Waals surface area contributed by atoms with Crippen LogP contribution in [-0.4, -0.2) is 11.0 Å². The molecule has 2 rings (SSSR count). The molecule has 15 heavy (non-hydrogen) atoms. The molecular formula is C12H11ClO2. The summed E-state index contributed by atoms with van der Waals surface area (Å²) in [4.78, 5) is 21.9. The summed E-state index contributed by atoms with van der Waals surface area (Å²) < 4.78 is 0. The number of carbonyl (C=O) groups is 2. The van der Waals surface area contributed by atoms with Gasteiger partial charge in [0.1, 0.15) is 0 Å². The SMILES string of the molecule is CC1(c2ccc(C(=O)C(=O)Cl)cc2)CC1. The van der Waals surface area contributed by atoms with Crippen molar-refractivity contribution in [2.45, 2.75) is 25.2 Å². The third-order valence-corrected chi connectivity index (χ3v) is 3.19. The van der Waals surface area contributed by atoms with Gasteiger partial charge >= 0.3 is 0 Å². The van der Waals surface area contributed by atoms with E-state index in [4.69, 9.17) is 11.6 Å². The van der Waals surface area contributed by atoms with E-state index in [2.05, 4.69) is 6.92 Å². The van der Waals surface area contributed by atoms with Crippen LogP contribution in [0.25, 0.3) is 0 Å². The summed E-state index contributed by atoms with van der Waals surface area (Å²) in [6.07, 6.45) is 2.38. The number of hydrogen-bond donors (Lipinski definition) is 0. The van der Waals surface area contributed by atoms with E-state index >= 15 is 0 Å². The molecule has 0 atom stereocenters. The van der Waals surface area contributed by atoms with E-state index in [9.17, 15) is 9.59 Å². The van der Waals surface area contributed by atoms with Gasteiger partial charge in [-0.3, -0.25) is 9.59 Å². The van der Waals surface area contributed by atoms with E-state index in [1.807, 2.05) is 12.1 Å². The molecule has 2 nitrogen and oxygen atoms in total. The number of benzene rings is 1. The van der Waals surface area contributed by atoms with Crippen molar-refractivity contribution >= 4 is 22.6 Å². The minimum absolute atomic E-state index is 0.284. The molecule has 0 N–H and O–H groups in total. The molecule has 78 valence electrons. The van der Waals surface area contributed by atoms with Crippen molar-refractivity contribution in [1.82, 2.24) is 0 Å². The zero-order chi connectivity index (χ0) is 11.1. The Balaban J connectivity index is 2.24. The van der Waals surface area contributed by atoms with Crippen molar-refractivity contribution in [2.24, 2.45) is 0 Å². The van der Waals surface area contributed by atoms with Crippen molar-refractivity contribution in [3.05, 3.63) is 35.4 Å². The van der Waals surface area contributed by atoms with E-state index in [1.54, 1.807) is 12.1 Å². The van der Waals surface area contributed by atoms with Gasteiger partial charge in [0, 0.05) is 5.56 Å². The molecule has 1 aromatic rings. The van der Waals surface area contributed by atoms with Crippen molar-refractivity contribution in [3.63, 3.8) is 0 Å². The summed E-state index contributed by atoms with van der Waals surface area (Å²) in [7, 11) is 0. The standard InChI is InChI=1S/C12H11ClO2/c1-12(6-7-12)9-4-2-8(3-5-9)10(14)11(13)15/h2-5H,6-7H2,1H3. The molecule has 3 heteroatoms. The lowest BCUT2D eigenvalue weighted by Crippen LogP contribution is -2.08. The Bertz CT molecular complexity index is 416. The highest BCUT2D eigenvalue weighted by molar-refractivity contribution is 6.83. The number of Topliss-reactive ketones (excluding diaryl/α,β-unsaturated/α-hetero) is 1. The maximum Gasteiger partial charge on any atom is 0.293 e. The lowest BCUT2D eigenvalue weighted by atomic mass is 9.97. The molecule has 0 heterocycles. The van der Waals surface area contributed by atoms with Crippen LogP contribution in [0.15, 0.2) is 24.3 Å². The maximum absolute atomic E-state index is 11.2. The van der Waals surface area contributed by atoms with Crippen LogP contribution in [0.4, 0.5) is 0 Å². The predicted octanol–water partition coefficient (Wildman–Crippen LogP) is 2.69. The first-order chi connectivity index (χ1) is 7.03. The molecule has 1 aliphatic carbocycles. The second-order valence-corrected chi connectivity index (χ2v) is 4.58. The molecule has 0 aromatic heterocycles. The fourth-order valence-corrected chi connectivity index (χ4v) is 1.72. The lowest BCUT2D eigenvalue weighted by Gasteiger charge is -2.08. The first kappa shape index (κ1) is 10.4. The summed E-state index contributed by atoms with van der Waals surface area (Å²) in [5.74, 6) is -0.635. The average Bonchev–Trinajstić information content (AvgIpc) is 2.97. The molecule has 0 saturated heterocycles. The molecule has 0 radical (unpaired) electrons. The van der Waals surface area contributed by atoms with Crippen molar-refractivity contribution in [3.8, 4) is 0 Å². The monoisotopic (exact) mass is 222 g/mol. The van der Waals surface area contributed by atoms with Crippen LogP contribution < -0.4 is 0 Å². The Labute approximate surface area is 93.2 Å². The Morgan fingerprint density at radius 2 is 1.73 bits per heavy atom. The molecule has 0 spiro atoms. The lowest BCUT2D eigenvalue weighted by molar-refractivity contribution is -0.108.